The Labute approximate surface area is 165 Å². The highest BCUT2D eigenvalue weighted by atomic mass is 35.5. The number of aliphatic hydroxyl groups is 1. The Morgan fingerprint density at radius 1 is 1.07 bits per heavy atom. The van der Waals surface area contributed by atoms with Crippen molar-refractivity contribution in [2.75, 3.05) is 11.9 Å². The fourth-order valence-corrected chi connectivity index (χ4v) is 4.51. The Balaban J connectivity index is 0.00000261. The lowest BCUT2D eigenvalue weighted by atomic mass is 10.1. The van der Waals surface area contributed by atoms with Gasteiger partial charge in [-0.2, -0.15) is 0 Å². The predicted molar refractivity (Wildman–Crippen MR) is 108 cm³/mol. The minimum atomic E-state index is -3.31. The first kappa shape index (κ1) is 21.4. The van der Waals surface area contributed by atoms with E-state index in [9.17, 15) is 18.3 Å². The summed E-state index contributed by atoms with van der Waals surface area (Å²) in [4.78, 5) is 12.2. The molecule has 3 N–H and O–H groups in total. The Hall–Kier alpha value is -1.93. The van der Waals surface area contributed by atoms with Crippen LogP contribution in [0.4, 0.5) is 5.69 Å². The molecule has 2 atom stereocenters. The molecule has 1 aliphatic rings. The number of amides is 1. The van der Waals surface area contributed by atoms with E-state index in [-0.39, 0.29) is 29.8 Å². The third-order valence-electron chi connectivity index (χ3n) is 4.23. The van der Waals surface area contributed by atoms with Crippen LogP contribution in [0.25, 0.3) is 0 Å². The topological polar surface area (TPSA) is 95.5 Å². The van der Waals surface area contributed by atoms with Crippen molar-refractivity contribution in [1.29, 1.82) is 0 Å². The molecule has 8 heteroatoms. The molecule has 0 spiro atoms. The van der Waals surface area contributed by atoms with Crippen LogP contribution in [0.15, 0.2) is 54.6 Å². The minimum Gasteiger partial charge on any atom is -0.392 e. The maximum atomic E-state index is 12.4. The Morgan fingerprint density at radius 3 is 2.41 bits per heavy atom. The predicted octanol–water partition coefficient (Wildman–Crippen LogP) is 1.88. The highest BCUT2D eigenvalue weighted by Gasteiger charge is 2.28. The van der Waals surface area contributed by atoms with Crippen molar-refractivity contribution in [2.24, 2.45) is 0 Å². The largest absolute Gasteiger partial charge is 0.392 e. The van der Waals surface area contributed by atoms with Gasteiger partial charge >= 0.3 is 0 Å². The minimum absolute atomic E-state index is 0. The van der Waals surface area contributed by atoms with Gasteiger partial charge in [-0.3, -0.25) is 4.79 Å². The molecule has 2 aromatic rings. The van der Waals surface area contributed by atoms with E-state index in [1.807, 2.05) is 18.2 Å². The number of carbonyl (C=O) groups excluding carboxylic acids is 1. The van der Waals surface area contributed by atoms with Crippen LogP contribution in [0.5, 0.6) is 0 Å². The molecule has 0 bridgehead atoms. The third-order valence-corrected chi connectivity index (χ3v) is 5.78. The Kier molecular flexibility index (Phi) is 7.38. The van der Waals surface area contributed by atoms with Crippen molar-refractivity contribution >= 4 is 33.8 Å². The standard InChI is InChI=1S/C19H22N2O4S.ClH/c22-17-10-18(20-11-17)19(23)21-16-8-4-7-15(9-16)13-26(24,25)12-14-5-2-1-3-6-14;/h1-9,17-18,20,22H,10-13H2,(H,21,23);1H. The molecule has 2 unspecified atom stereocenters. The molecule has 2 aromatic carbocycles. The van der Waals surface area contributed by atoms with E-state index >= 15 is 0 Å². The molecule has 146 valence electrons. The van der Waals surface area contributed by atoms with Gasteiger partial charge < -0.3 is 15.7 Å². The SMILES string of the molecule is Cl.O=C(Nc1cccc(CS(=O)(=O)Cc2ccccc2)c1)C1CC(O)CN1. The second kappa shape index (κ2) is 9.32. The number of aliphatic hydroxyl groups excluding tert-OH is 1. The van der Waals surface area contributed by atoms with Crippen molar-refractivity contribution in [3.05, 3.63) is 65.7 Å². The zero-order valence-corrected chi connectivity index (χ0v) is 16.3. The number of rotatable bonds is 6. The fourth-order valence-electron chi connectivity index (χ4n) is 3.02. The van der Waals surface area contributed by atoms with Crippen LogP contribution in [0, 0.1) is 0 Å². The molecule has 0 aromatic heterocycles. The van der Waals surface area contributed by atoms with Crippen molar-refractivity contribution in [1.82, 2.24) is 5.32 Å². The van der Waals surface area contributed by atoms with E-state index in [4.69, 9.17) is 0 Å². The number of nitrogens with one attached hydrogen (secondary N) is 2. The van der Waals surface area contributed by atoms with E-state index in [0.717, 1.165) is 5.56 Å². The van der Waals surface area contributed by atoms with Crippen molar-refractivity contribution in [2.45, 2.75) is 30.1 Å². The maximum Gasteiger partial charge on any atom is 0.241 e. The molecule has 1 aliphatic heterocycles. The van der Waals surface area contributed by atoms with Crippen molar-refractivity contribution in [3.63, 3.8) is 0 Å². The van der Waals surface area contributed by atoms with Crippen molar-refractivity contribution < 1.29 is 18.3 Å². The summed E-state index contributed by atoms with van der Waals surface area (Å²) < 4.78 is 24.8. The molecule has 0 aliphatic carbocycles. The lowest BCUT2D eigenvalue weighted by Crippen LogP contribution is -2.35. The zero-order valence-electron chi connectivity index (χ0n) is 14.7. The van der Waals surface area contributed by atoms with Crippen LogP contribution in [0.2, 0.25) is 0 Å². The highest BCUT2D eigenvalue weighted by molar-refractivity contribution is 7.89. The van der Waals surface area contributed by atoms with Crippen LogP contribution in [0.1, 0.15) is 17.5 Å². The number of carbonyl (C=O) groups is 1. The van der Waals surface area contributed by atoms with Crippen LogP contribution < -0.4 is 10.6 Å². The number of hydrogen-bond donors (Lipinski definition) is 3. The normalized spacial score (nSPS) is 19.3. The summed E-state index contributed by atoms with van der Waals surface area (Å²) in [5.74, 6) is -0.342. The molecule has 1 fully saturated rings. The first-order chi connectivity index (χ1) is 12.4. The molecule has 27 heavy (non-hydrogen) atoms. The fraction of sp³-hybridized carbons (Fsp3) is 0.316. The second-order valence-electron chi connectivity index (χ2n) is 6.56. The number of benzene rings is 2. The first-order valence-electron chi connectivity index (χ1n) is 8.47. The molecule has 1 saturated heterocycles. The van der Waals surface area contributed by atoms with Crippen LogP contribution in [-0.2, 0) is 26.1 Å². The Bertz CT molecular complexity index is 874. The van der Waals surface area contributed by atoms with Gasteiger partial charge in [0.05, 0.1) is 23.7 Å². The summed E-state index contributed by atoms with van der Waals surface area (Å²) in [6.45, 7) is 0.399. The zero-order chi connectivity index (χ0) is 18.6. The van der Waals surface area contributed by atoms with E-state index in [2.05, 4.69) is 10.6 Å². The van der Waals surface area contributed by atoms with Gasteiger partial charge in [-0.1, -0.05) is 42.5 Å². The number of hydrogen-bond acceptors (Lipinski definition) is 5. The van der Waals surface area contributed by atoms with Gasteiger partial charge in [-0.05, 0) is 29.7 Å². The number of halogens is 1. The van der Waals surface area contributed by atoms with E-state index in [1.165, 1.54) is 0 Å². The summed E-state index contributed by atoms with van der Waals surface area (Å²) in [5, 5.41) is 15.2. The smallest absolute Gasteiger partial charge is 0.241 e. The van der Waals surface area contributed by atoms with Crippen LogP contribution >= 0.6 is 12.4 Å². The van der Waals surface area contributed by atoms with Gasteiger partial charge in [-0.15, -0.1) is 12.4 Å². The van der Waals surface area contributed by atoms with Crippen LogP contribution in [-0.4, -0.2) is 38.1 Å². The lowest BCUT2D eigenvalue weighted by molar-refractivity contribution is -0.117. The molecule has 1 amide bonds. The molecular formula is C19H23ClN2O4S. The average Bonchev–Trinajstić information content (AvgIpc) is 3.02. The monoisotopic (exact) mass is 410 g/mol. The van der Waals surface area contributed by atoms with Gasteiger partial charge in [-0.25, -0.2) is 8.42 Å². The number of β-amino-alcohol motifs (C(OH)–C–C–N with tert-alkyl or cyclic N) is 1. The second-order valence-corrected chi connectivity index (χ2v) is 8.62. The summed E-state index contributed by atoms with van der Waals surface area (Å²) in [6.07, 6.45) is -0.142. The summed E-state index contributed by atoms with van der Waals surface area (Å²) in [6, 6.07) is 15.5. The maximum absolute atomic E-state index is 12.4. The van der Waals surface area contributed by atoms with Gasteiger partial charge in [0.15, 0.2) is 9.84 Å². The highest BCUT2D eigenvalue weighted by Crippen LogP contribution is 2.17. The van der Waals surface area contributed by atoms with Gasteiger partial charge in [0.2, 0.25) is 5.91 Å². The number of sulfone groups is 1. The summed E-state index contributed by atoms with van der Waals surface area (Å²) in [7, 11) is -3.31. The summed E-state index contributed by atoms with van der Waals surface area (Å²) >= 11 is 0. The third kappa shape index (κ3) is 6.32. The van der Waals surface area contributed by atoms with Crippen molar-refractivity contribution in [3.8, 4) is 0 Å². The van der Waals surface area contributed by atoms with E-state index in [1.54, 1.807) is 36.4 Å². The quantitative estimate of drug-likeness (QED) is 0.675. The molecule has 3 rings (SSSR count). The van der Waals surface area contributed by atoms with Gasteiger partial charge in [0, 0.05) is 12.2 Å². The summed E-state index contributed by atoms with van der Waals surface area (Å²) in [5.41, 5.74) is 1.92. The molecule has 0 saturated carbocycles. The lowest BCUT2D eigenvalue weighted by Gasteiger charge is -2.12. The Morgan fingerprint density at radius 2 is 1.74 bits per heavy atom. The molecule has 1 heterocycles. The molecular weight excluding hydrogens is 388 g/mol. The molecule has 6 nitrogen and oxygen atoms in total. The van der Waals surface area contributed by atoms with Crippen LogP contribution in [0.3, 0.4) is 0 Å². The first-order valence-corrected chi connectivity index (χ1v) is 10.3. The average molecular weight is 411 g/mol. The van der Waals surface area contributed by atoms with Gasteiger partial charge in [0.1, 0.15) is 0 Å². The van der Waals surface area contributed by atoms with Gasteiger partial charge in [0.25, 0.3) is 0 Å². The molecule has 0 radical (unpaired) electrons. The van der Waals surface area contributed by atoms with E-state index < -0.39 is 22.0 Å². The van der Waals surface area contributed by atoms with E-state index in [0.29, 0.717) is 24.2 Å². The number of anilines is 1.